The maximum absolute atomic E-state index is 13.2. The van der Waals surface area contributed by atoms with Crippen LogP contribution >= 0.6 is 46.4 Å². The molecule has 3 aromatic rings. The first kappa shape index (κ1) is 24.5. The van der Waals surface area contributed by atoms with Gasteiger partial charge in [0.15, 0.2) is 5.69 Å². The number of hydrogen-bond acceptors (Lipinski definition) is 5. The number of amides is 2. The van der Waals surface area contributed by atoms with Crippen molar-refractivity contribution in [1.82, 2.24) is 20.0 Å². The van der Waals surface area contributed by atoms with Gasteiger partial charge in [-0.25, -0.2) is 4.68 Å². The molecule has 176 valence electrons. The maximum atomic E-state index is 13.2. The van der Waals surface area contributed by atoms with Gasteiger partial charge in [-0.3, -0.25) is 14.4 Å². The average molecular weight is 541 g/mol. The Kier molecular flexibility index (Phi) is 7.16. The van der Waals surface area contributed by atoms with Crippen molar-refractivity contribution >= 4 is 69.8 Å². The van der Waals surface area contributed by atoms with Gasteiger partial charge in [0.25, 0.3) is 17.7 Å². The van der Waals surface area contributed by atoms with Crippen LogP contribution in [0.5, 0.6) is 0 Å². The van der Waals surface area contributed by atoms with E-state index in [2.05, 4.69) is 15.7 Å². The summed E-state index contributed by atoms with van der Waals surface area (Å²) < 4.78 is 0.914. The van der Waals surface area contributed by atoms with Gasteiger partial charge in [0.1, 0.15) is 0 Å². The van der Waals surface area contributed by atoms with E-state index in [1.807, 2.05) is 0 Å². The molecule has 0 spiro atoms. The Morgan fingerprint density at radius 3 is 2.00 bits per heavy atom. The smallest absolute Gasteiger partial charge is 0.281 e. The van der Waals surface area contributed by atoms with Gasteiger partial charge in [-0.15, -0.1) is 0 Å². The summed E-state index contributed by atoms with van der Waals surface area (Å²) in [6.45, 7) is 1.24. The molecule has 0 unspecified atom stereocenters. The third-order valence-corrected chi connectivity index (χ3v) is 6.63. The lowest BCUT2D eigenvalue weighted by molar-refractivity contribution is 0.0675. The van der Waals surface area contributed by atoms with Crippen LogP contribution in [-0.2, 0) is 0 Å². The summed E-state index contributed by atoms with van der Waals surface area (Å²) in [7, 11) is 1.62. The SMILES string of the molecule is CN(C(=O)c1nn(C(=O)c2c(Cl)cccc2Cl)cc1NC(=O)c1c(Cl)cccc1Cl)C1CNC1. The molecule has 1 aliphatic heterocycles. The lowest BCUT2D eigenvalue weighted by Crippen LogP contribution is -2.57. The summed E-state index contributed by atoms with van der Waals surface area (Å²) in [5.41, 5.74) is -0.103. The van der Waals surface area contributed by atoms with E-state index in [9.17, 15) is 14.4 Å². The van der Waals surface area contributed by atoms with Crippen molar-refractivity contribution in [3.05, 3.63) is 79.5 Å². The van der Waals surface area contributed by atoms with Crippen LogP contribution in [0.25, 0.3) is 0 Å². The molecular weight excluding hydrogens is 524 g/mol. The van der Waals surface area contributed by atoms with Crippen molar-refractivity contribution in [1.29, 1.82) is 0 Å². The molecule has 0 saturated carbocycles. The standard InChI is InChI=1S/C22H17Cl4N5O3/c1-30(11-8-27-9-11)22(34)19-16(28-20(32)17-12(23)4-2-5-13(17)24)10-31(29-19)21(33)18-14(25)6-3-7-15(18)26/h2-7,10-11,27H,8-9H2,1H3,(H,28,32). The first-order valence-electron chi connectivity index (χ1n) is 10.0. The molecule has 0 bridgehead atoms. The predicted octanol–water partition coefficient (Wildman–Crippen LogP) is 4.48. The Morgan fingerprint density at radius 1 is 0.971 bits per heavy atom. The van der Waals surface area contributed by atoms with Crippen LogP contribution in [0, 0.1) is 0 Å². The Balaban J connectivity index is 1.74. The quantitative estimate of drug-likeness (QED) is 0.497. The monoisotopic (exact) mass is 539 g/mol. The number of nitrogens with zero attached hydrogens (tertiary/aromatic N) is 3. The van der Waals surface area contributed by atoms with E-state index >= 15 is 0 Å². The highest BCUT2D eigenvalue weighted by atomic mass is 35.5. The minimum Gasteiger partial charge on any atom is -0.335 e. The van der Waals surface area contributed by atoms with Gasteiger partial charge in [0, 0.05) is 20.1 Å². The molecular formula is C22H17Cl4N5O3. The van der Waals surface area contributed by atoms with Crippen molar-refractivity contribution in [2.75, 3.05) is 25.5 Å². The molecule has 0 atom stereocenters. The molecule has 1 saturated heterocycles. The minimum absolute atomic E-state index is 0.00152. The molecule has 2 aromatic carbocycles. The van der Waals surface area contributed by atoms with Gasteiger partial charge in [-0.2, -0.15) is 5.10 Å². The molecule has 34 heavy (non-hydrogen) atoms. The molecule has 12 heteroatoms. The summed E-state index contributed by atoms with van der Waals surface area (Å²) in [4.78, 5) is 40.8. The number of nitrogens with one attached hydrogen (secondary N) is 2. The molecule has 0 radical (unpaired) electrons. The van der Waals surface area contributed by atoms with Crippen LogP contribution < -0.4 is 10.6 Å². The van der Waals surface area contributed by atoms with E-state index in [-0.39, 0.29) is 48.6 Å². The third-order valence-electron chi connectivity index (χ3n) is 5.37. The van der Waals surface area contributed by atoms with E-state index in [1.165, 1.54) is 35.4 Å². The van der Waals surface area contributed by atoms with Crippen LogP contribution in [-0.4, -0.2) is 58.6 Å². The fourth-order valence-corrected chi connectivity index (χ4v) is 4.45. The zero-order valence-electron chi connectivity index (χ0n) is 17.6. The van der Waals surface area contributed by atoms with Gasteiger partial charge in [0.05, 0.1) is 49.1 Å². The van der Waals surface area contributed by atoms with Crippen LogP contribution in [0.15, 0.2) is 42.6 Å². The summed E-state index contributed by atoms with van der Waals surface area (Å²) in [5.74, 6) is -1.82. The van der Waals surface area contributed by atoms with Crippen LogP contribution in [0.4, 0.5) is 5.69 Å². The second-order valence-electron chi connectivity index (χ2n) is 7.52. The molecule has 1 aliphatic rings. The van der Waals surface area contributed by atoms with Crippen LogP contribution in [0.3, 0.4) is 0 Å². The van der Waals surface area contributed by atoms with Crippen LogP contribution in [0.2, 0.25) is 20.1 Å². The van der Waals surface area contributed by atoms with Gasteiger partial charge < -0.3 is 15.5 Å². The second-order valence-corrected chi connectivity index (χ2v) is 9.15. The lowest BCUT2D eigenvalue weighted by atomic mass is 10.1. The Morgan fingerprint density at radius 2 is 1.50 bits per heavy atom. The second kappa shape index (κ2) is 9.93. The minimum atomic E-state index is -0.672. The van der Waals surface area contributed by atoms with Gasteiger partial charge >= 0.3 is 0 Å². The first-order valence-corrected chi connectivity index (χ1v) is 11.5. The summed E-state index contributed by atoms with van der Waals surface area (Å²) in [6, 6.07) is 9.19. The zero-order chi connectivity index (χ0) is 24.6. The van der Waals surface area contributed by atoms with E-state index in [1.54, 1.807) is 19.2 Å². The number of benzene rings is 2. The lowest BCUT2D eigenvalue weighted by Gasteiger charge is -2.35. The highest BCUT2D eigenvalue weighted by molar-refractivity contribution is 6.41. The molecule has 2 N–H and O–H groups in total. The summed E-state index contributed by atoms with van der Waals surface area (Å²) in [5, 5.41) is 10.4. The molecule has 1 fully saturated rings. The van der Waals surface area contributed by atoms with Crippen molar-refractivity contribution in [3.8, 4) is 0 Å². The molecule has 2 heterocycles. The van der Waals surface area contributed by atoms with Crippen molar-refractivity contribution < 1.29 is 14.4 Å². The fourth-order valence-electron chi connectivity index (χ4n) is 3.32. The number of halogens is 4. The number of carbonyl (C=O) groups excluding carboxylic acids is 3. The van der Waals surface area contributed by atoms with Crippen LogP contribution in [0.1, 0.15) is 31.2 Å². The van der Waals surface area contributed by atoms with E-state index in [0.29, 0.717) is 13.1 Å². The van der Waals surface area contributed by atoms with Crippen molar-refractivity contribution in [3.63, 3.8) is 0 Å². The molecule has 8 nitrogen and oxygen atoms in total. The van der Waals surface area contributed by atoms with E-state index in [4.69, 9.17) is 46.4 Å². The highest BCUT2D eigenvalue weighted by Crippen LogP contribution is 2.28. The number of anilines is 1. The van der Waals surface area contributed by atoms with Crippen molar-refractivity contribution in [2.45, 2.75) is 6.04 Å². The average Bonchev–Trinajstić information content (AvgIpc) is 3.15. The maximum Gasteiger partial charge on any atom is 0.281 e. The van der Waals surface area contributed by atoms with Crippen molar-refractivity contribution in [2.24, 2.45) is 0 Å². The molecule has 2 amide bonds. The summed E-state index contributed by atoms with van der Waals surface area (Å²) in [6.07, 6.45) is 1.23. The molecule has 0 aliphatic carbocycles. The first-order chi connectivity index (χ1) is 16.2. The van der Waals surface area contributed by atoms with Gasteiger partial charge in [-0.05, 0) is 24.3 Å². The largest absolute Gasteiger partial charge is 0.335 e. The zero-order valence-corrected chi connectivity index (χ0v) is 20.6. The number of hydrogen-bond donors (Lipinski definition) is 2. The topological polar surface area (TPSA) is 96.3 Å². The normalized spacial score (nSPS) is 13.3. The Bertz CT molecular complexity index is 1270. The van der Waals surface area contributed by atoms with Gasteiger partial charge in [0.2, 0.25) is 0 Å². The Labute approximate surface area is 214 Å². The third kappa shape index (κ3) is 4.64. The molecule has 1 aromatic heterocycles. The Hall–Kier alpha value is -2.62. The predicted molar refractivity (Wildman–Crippen MR) is 132 cm³/mol. The van der Waals surface area contributed by atoms with E-state index < -0.39 is 17.7 Å². The summed E-state index contributed by atoms with van der Waals surface area (Å²) >= 11 is 24.6. The van der Waals surface area contributed by atoms with E-state index in [0.717, 1.165) is 4.68 Å². The number of aromatic nitrogens is 2. The molecule has 4 rings (SSSR count). The number of likely N-dealkylation sites (N-methyl/N-ethyl adjacent to an activating group) is 1. The van der Waals surface area contributed by atoms with Gasteiger partial charge in [-0.1, -0.05) is 58.5 Å². The number of rotatable bonds is 5. The number of carbonyl (C=O) groups is 3. The highest BCUT2D eigenvalue weighted by Gasteiger charge is 2.31. The fraction of sp³-hybridized carbons (Fsp3) is 0.182.